The molecule has 128 valence electrons. The van der Waals surface area contributed by atoms with Gasteiger partial charge in [0.1, 0.15) is 5.82 Å². The number of benzene rings is 1. The van der Waals surface area contributed by atoms with E-state index in [0.717, 1.165) is 47.5 Å². The Bertz CT molecular complexity index is 896. The second-order valence-corrected chi connectivity index (χ2v) is 6.98. The number of rotatable bonds is 3. The third kappa shape index (κ3) is 3.62. The van der Waals surface area contributed by atoms with E-state index in [4.69, 9.17) is 0 Å². The molecule has 0 atom stereocenters. The zero-order valence-electron chi connectivity index (χ0n) is 13.6. The minimum atomic E-state index is -0.242. The zero-order valence-corrected chi connectivity index (χ0v) is 15.2. The van der Waals surface area contributed by atoms with Crippen molar-refractivity contribution in [3.8, 4) is 0 Å². The molecule has 1 aromatic carbocycles. The summed E-state index contributed by atoms with van der Waals surface area (Å²) in [6.45, 7) is 3.83. The van der Waals surface area contributed by atoms with Gasteiger partial charge in [-0.15, -0.1) is 0 Å². The van der Waals surface area contributed by atoms with E-state index in [1.807, 2.05) is 24.4 Å². The largest absolute Gasteiger partial charge is 0.338 e. The minimum absolute atomic E-state index is 0.242. The summed E-state index contributed by atoms with van der Waals surface area (Å²) in [7, 11) is 0. The molecule has 5 nitrogen and oxygen atoms in total. The van der Waals surface area contributed by atoms with Crippen molar-refractivity contribution in [1.82, 2.24) is 19.9 Å². The summed E-state index contributed by atoms with van der Waals surface area (Å²) < 4.78 is 14.8. The lowest BCUT2D eigenvalue weighted by molar-refractivity contribution is 0.242. The van der Waals surface area contributed by atoms with Crippen LogP contribution < -0.4 is 4.90 Å². The molecule has 0 radical (unpaired) electrons. The number of piperazine rings is 1. The second-order valence-electron chi connectivity index (χ2n) is 6.07. The number of fused-ring (bicyclic) bond motifs is 1. The fourth-order valence-electron chi connectivity index (χ4n) is 3.00. The predicted octanol–water partition coefficient (Wildman–Crippen LogP) is 3.25. The number of nitrogens with zero attached hydrogens (tertiary/aromatic N) is 5. The highest BCUT2D eigenvalue weighted by Crippen LogP contribution is 2.20. The van der Waals surface area contributed by atoms with Crippen molar-refractivity contribution < 1.29 is 4.39 Å². The molecule has 0 amide bonds. The molecule has 1 fully saturated rings. The first-order valence-corrected chi connectivity index (χ1v) is 8.97. The maximum Gasteiger partial charge on any atom is 0.225 e. The predicted molar refractivity (Wildman–Crippen MR) is 98.9 cm³/mol. The Balaban J connectivity index is 1.43. The average Bonchev–Trinajstić information content (AvgIpc) is 2.64. The molecular formula is C18H17BrFN5. The van der Waals surface area contributed by atoms with Gasteiger partial charge in [0, 0.05) is 55.0 Å². The fraction of sp³-hybridized carbons (Fsp3) is 0.278. The molecule has 7 heteroatoms. The molecule has 0 spiro atoms. The van der Waals surface area contributed by atoms with Crippen LogP contribution in [-0.4, -0.2) is 46.0 Å². The zero-order chi connectivity index (χ0) is 17.2. The number of hydrogen-bond acceptors (Lipinski definition) is 5. The van der Waals surface area contributed by atoms with Gasteiger partial charge in [0.05, 0.1) is 11.2 Å². The molecule has 0 unspecified atom stereocenters. The standard InChI is InChI=1S/C18H17BrFN5/c19-14-3-4-16-13(10-14)11-22-18(23-16)25-8-6-24(7-9-25)12-17-15(20)2-1-5-21-17/h1-5,10-11H,6-9,12H2. The summed E-state index contributed by atoms with van der Waals surface area (Å²) in [6, 6.07) is 9.06. The van der Waals surface area contributed by atoms with Crippen LogP contribution >= 0.6 is 15.9 Å². The van der Waals surface area contributed by atoms with E-state index in [1.54, 1.807) is 12.3 Å². The SMILES string of the molecule is Fc1cccnc1CN1CCN(c2ncc3cc(Br)ccc3n2)CC1. The molecule has 0 bridgehead atoms. The molecule has 1 aliphatic rings. The normalized spacial score (nSPS) is 15.7. The molecule has 1 aliphatic heterocycles. The van der Waals surface area contributed by atoms with Gasteiger partial charge in [-0.25, -0.2) is 14.4 Å². The molecule has 3 aromatic rings. The number of aromatic nitrogens is 3. The van der Waals surface area contributed by atoms with Crippen LogP contribution in [0.2, 0.25) is 0 Å². The third-order valence-corrected chi connectivity index (χ3v) is 4.89. The van der Waals surface area contributed by atoms with Crippen molar-refractivity contribution in [2.45, 2.75) is 6.54 Å². The second kappa shape index (κ2) is 7.01. The van der Waals surface area contributed by atoms with Crippen LogP contribution in [0.1, 0.15) is 5.69 Å². The molecule has 2 aromatic heterocycles. The minimum Gasteiger partial charge on any atom is -0.338 e. The van der Waals surface area contributed by atoms with Gasteiger partial charge in [-0.2, -0.15) is 0 Å². The van der Waals surface area contributed by atoms with Gasteiger partial charge < -0.3 is 4.90 Å². The lowest BCUT2D eigenvalue weighted by atomic mass is 10.2. The van der Waals surface area contributed by atoms with Crippen molar-refractivity contribution in [3.63, 3.8) is 0 Å². The first kappa shape index (κ1) is 16.4. The number of hydrogen-bond donors (Lipinski definition) is 0. The van der Waals surface area contributed by atoms with E-state index in [0.29, 0.717) is 12.2 Å². The molecule has 4 rings (SSSR count). The molecule has 25 heavy (non-hydrogen) atoms. The summed E-state index contributed by atoms with van der Waals surface area (Å²) in [4.78, 5) is 17.7. The molecular weight excluding hydrogens is 385 g/mol. The maximum atomic E-state index is 13.7. The van der Waals surface area contributed by atoms with E-state index in [1.165, 1.54) is 6.07 Å². The highest BCUT2D eigenvalue weighted by atomic mass is 79.9. The van der Waals surface area contributed by atoms with E-state index >= 15 is 0 Å². The van der Waals surface area contributed by atoms with Gasteiger partial charge in [-0.1, -0.05) is 15.9 Å². The number of halogens is 2. The lowest BCUT2D eigenvalue weighted by Gasteiger charge is -2.34. The van der Waals surface area contributed by atoms with Gasteiger partial charge in [-0.05, 0) is 30.3 Å². The van der Waals surface area contributed by atoms with Crippen LogP contribution in [0.5, 0.6) is 0 Å². The molecule has 0 N–H and O–H groups in total. The topological polar surface area (TPSA) is 45.2 Å². The monoisotopic (exact) mass is 401 g/mol. The van der Waals surface area contributed by atoms with Crippen LogP contribution in [0.25, 0.3) is 10.9 Å². The van der Waals surface area contributed by atoms with Crippen LogP contribution in [0.4, 0.5) is 10.3 Å². The Kier molecular flexibility index (Phi) is 4.59. The van der Waals surface area contributed by atoms with Crippen LogP contribution in [0.3, 0.4) is 0 Å². The van der Waals surface area contributed by atoms with Crippen LogP contribution in [-0.2, 0) is 6.54 Å². The van der Waals surface area contributed by atoms with Crippen LogP contribution in [0, 0.1) is 5.82 Å². The van der Waals surface area contributed by atoms with Crippen molar-refractivity contribution >= 4 is 32.8 Å². The van der Waals surface area contributed by atoms with Gasteiger partial charge in [0.15, 0.2) is 0 Å². The molecule has 1 saturated heterocycles. The van der Waals surface area contributed by atoms with Crippen molar-refractivity contribution in [1.29, 1.82) is 0 Å². The van der Waals surface area contributed by atoms with Crippen molar-refractivity contribution in [2.75, 3.05) is 31.1 Å². The van der Waals surface area contributed by atoms with E-state index in [9.17, 15) is 4.39 Å². The Morgan fingerprint density at radius 3 is 2.72 bits per heavy atom. The van der Waals surface area contributed by atoms with Gasteiger partial charge >= 0.3 is 0 Å². The van der Waals surface area contributed by atoms with Gasteiger partial charge in [-0.3, -0.25) is 9.88 Å². The summed E-state index contributed by atoms with van der Waals surface area (Å²) in [6.07, 6.45) is 3.49. The molecule has 3 heterocycles. The third-order valence-electron chi connectivity index (χ3n) is 4.39. The Hall–Kier alpha value is -2.12. The highest BCUT2D eigenvalue weighted by molar-refractivity contribution is 9.10. The van der Waals surface area contributed by atoms with Crippen LogP contribution in [0.15, 0.2) is 47.2 Å². The smallest absolute Gasteiger partial charge is 0.225 e. The lowest BCUT2D eigenvalue weighted by Crippen LogP contribution is -2.46. The summed E-state index contributed by atoms with van der Waals surface area (Å²) in [5.41, 5.74) is 1.44. The Morgan fingerprint density at radius 1 is 1.08 bits per heavy atom. The number of anilines is 1. The van der Waals surface area contributed by atoms with Crippen molar-refractivity contribution in [3.05, 3.63) is 58.7 Å². The summed E-state index contributed by atoms with van der Waals surface area (Å²) in [5, 5.41) is 1.02. The molecule has 0 aliphatic carbocycles. The summed E-state index contributed by atoms with van der Waals surface area (Å²) >= 11 is 3.46. The summed E-state index contributed by atoms with van der Waals surface area (Å²) in [5.74, 6) is 0.507. The fourth-order valence-corrected chi connectivity index (χ4v) is 3.38. The average molecular weight is 402 g/mol. The number of pyridine rings is 1. The Morgan fingerprint density at radius 2 is 1.92 bits per heavy atom. The van der Waals surface area contributed by atoms with E-state index in [-0.39, 0.29) is 5.82 Å². The Labute approximate surface area is 153 Å². The van der Waals surface area contributed by atoms with Gasteiger partial charge in [0.25, 0.3) is 0 Å². The molecule has 0 saturated carbocycles. The first-order chi connectivity index (χ1) is 12.2. The first-order valence-electron chi connectivity index (χ1n) is 8.18. The highest BCUT2D eigenvalue weighted by Gasteiger charge is 2.20. The van der Waals surface area contributed by atoms with E-state index < -0.39 is 0 Å². The van der Waals surface area contributed by atoms with Gasteiger partial charge in [0.2, 0.25) is 5.95 Å². The van der Waals surface area contributed by atoms with Crippen molar-refractivity contribution in [2.24, 2.45) is 0 Å². The maximum absolute atomic E-state index is 13.7. The van der Waals surface area contributed by atoms with E-state index in [2.05, 4.69) is 40.7 Å². The quantitative estimate of drug-likeness (QED) is 0.673.